The highest BCUT2D eigenvalue weighted by Crippen LogP contribution is 2.25. The summed E-state index contributed by atoms with van der Waals surface area (Å²) in [6.07, 6.45) is -0.180. The van der Waals surface area contributed by atoms with Gasteiger partial charge in [-0.15, -0.1) is 0 Å². The van der Waals surface area contributed by atoms with Gasteiger partial charge in [0, 0.05) is 130 Å². The Bertz CT molecular complexity index is 2450. The minimum absolute atomic E-state index is 0.00463. The van der Waals surface area contributed by atoms with Crippen LogP contribution in [0.2, 0.25) is 0 Å². The van der Waals surface area contributed by atoms with E-state index < -0.39 is 18.3 Å². The Kier molecular flexibility index (Phi) is 40.9. The quantitative estimate of drug-likeness (QED) is 0.0242. The number of nitrogens with two attached hydrogens (primary N) is 3. The molecule has 11 unspecified atom stereocenters. The van der Waals surface area contributed by atoms with Crippen molar-refractivity contribution >= 4 is 0 Å². The minimum Gasteiger partial charge on any atom is -0.493 e. The molecule has 0 spiro atoms. The Labute approximate surface area is 552 Å². The molecular weight excluding hydrogens is 1200 g/mol. The van der Waals surface area contributed by atoms with Crippen LogP contribution in [0.1, 0.15) is 40.5 Å². The summed E-state index contributed by atoms with van der Waals surface area (Å²) in [4.78, 5) is 0. The van der Waals surface area contributed by atoms with Gasteiger partial charge in [0.1, 0.15) is 122 Å². The van der Waals surface area contributed by atoms with Crippen LogP contribution in [0.25, 0.3) is 0 Å². The van der Waals surface area contributed by atoms with E-state index >= 15 is 0 Å². The van der Waals surface area contributed by atoms with Gasteiger partial charge in [-0.05, 0) is 90.3 Å². The van der Waals surface area contributed by atoms with Crippen LogP contribution in [0, 0.1) is 0 Å². The fraction of sp³-hybridized carbons (Fsp3) is 0.647. The second kappa shape index (κ2) is 47.5. The zero-order valence-corrected chi connectivity index (χ0v) is 57.3. The molecule has 4 aromatic carbocycles. The van der Waals surface area contributed by atoms with Gasteiger partial charge in [0.15, 0.2) is 6.29 Å². The number of rotatable bonds is 50. The van der Waals surface area contributed by atoms with E-state index in [0.29, 0.717) is 100 Å². The van der Waals surface area contributed by atoms with Crippen LogP contribution in [0.15, 0.2) is 97.1 Å². The van der Waals surface area contributed by atoms with Crippen LogP contribution < -0.4 is 71.0 Å². The normalized spacial score (nSPS) is 17.6. The number of benzene rings is 4. The molecule has 2 aliphatic rings. The lowest BCUT2D eigenvalue weighted by atomic mass is 10.0. The average molecular weight is 1320 g/mol. The molecule has 2 heterocycles. The van der Waals surface area contributed by atoms with Crippen LogP contribution in [-0.2, 0) is 52.1 Å². The highest BCUT2D eigenvalue weighted by molar-refractivity contribution is 5.35. The lowest BCUT2D eigenvalue weighted by Crippen LogP contribution is -2.57. The molecule has 0 aliphatic carbocycles. The van der Waals surface area contributed by atoms with Crippen molar-refractivity contribution in [2.24, 2.45) is 17.2 Å². The summed E-state index contributed by atoms with van der Waals surface area (Å²) < 4.78 is 109. The van der Waals surface area contributed by atoms with E-state index in [-0.39, 0.29) is 100.0 Å². The van der Waals surface area contributed by atoms with E-state index in [9.17, 15) is 0 Å². The predicted octanol–water partition coefficient (Wildman–Crippen LogP) is 5.29. The largest absolute Gasteiger partial charge is 0.493 e. The Hall–Kier alpha value is -5.40. The molecule has 4 aromatic rings. The number of likely N-dealkylation sites (N-methyl/N-ethyl adjacent to an activating group) is 2. The molecule has 11 atom stereocenters. The molecule has 0 saturated carbocycles. The first kappa shape index (κ1) is 80.0. The van der Waals surface area contributed by atoms with E-state index in [1.807, 2.05) is 125 Å². The SMILES string of the molecule is CC(N)C(N)C(C)N.CNC(C)C(NCC(COc1cccc(OCCC(OC)OC)c1)OCC(COc1cccc(OCC(COC)OC)c1)OCC(COc1cccc(OCCC(COC)OC)c1)OC)C(C)NC.c1cc(OCC2CO2)cc(OCC2CO2)c1. The molecule has 0 bridgehead atoms. The summed E-state index contributed by atoms with van der Waals surface area (Å²) in [5, 5.41) is 10.5. The standard InChI is InChI=1S/C51H83N3O15.C12H14O4.C5H15N3/c1-37(52-3)51(38(2)53-4)54-28-46(31-64-41-17-13-16-40(26-41)63-24-22-50(60-10)61-11)68-36-49(35-67-44-20-14-19-43(27-44)65-32-47(58-8)30-56-6)69-34-48(59-9)33-66-42-18-12-15-39(25-42)62-23-21-45(57-7)29-55-5;1-2-9(13-5-11-7-15-11)4-10(3-1)14-6-12-8-16-12;1-3(6)5(8)4(2)7/h12-20,25-27,37-38,45-54H,21-24,28-36H2,1-11H3;1-4,11-12H,5-8H2;3-5H,6-8H2,1-2H3. The van der Waals surface area contributed by atoms with Gasteiger partial charge in [-0.25, -0.2) is 0 Å². The number of methoxy groups -OCH3 is 7. The summed E-state index contributed by atoms with van der Waals surface area (Å²) in [6, 6.07) is 30.4. The van der Waals surface area contributed by atoms with E-state index in [4.69, 9.17) is 107 Å². The number of hydrogen-bond donors (Lipinski definition) is 6. The van der Waals surface area contributed by atoms with Crippen molar-refractivity contribution in [2.75, 3.05) is 163 Å². The lowest BCUT2D eigenvalue weighted by Gasteiger charge is -2.32. The third kappa shape index (κ3) is 34.7. The predicted molar refractivity (Wildman–Crippen MR) is 356 cm³/mol. The summed E-state index contributed by atoms with van der Waals surface area (Å²) in [5.74, 6) is 5.50. The molecular formula is C68H112N6O19. The van der Waals surface area contributed by atoms with E-state index in [1.165, 1.54) is 0 Å². The third-order valence-electron chi connectivity index (χ3n) is 15.0. The van der Waals surface area contributed by atoms with Crippen LogP contribution in [0.4, 0.5) is 0 Å². The topological polar surface area (TPSA) is 296 Å². The van der Waals surface area contributed by atoms with Crippen molar-refractivity contribution in [3.05, 3.63) is 97.1 Å². The molecule has 0 amide bonds. The van der Waals surface area contributed by atoms with Crippen LogP contribution in [0.3, 0.4) is 0 Å². The fourth-order valence-electron chi connectivity index (χ4n) is 8.69. The monoisotopic (exact) mass is 1320 g/mol. The maximum Gasteiger partial charge on any atom is 0.160 e. The third-order valence-corrected chi connectivity index (χ3v) is 15.0. The van der Waals surface area contributed by atoms with E-state index in [2.05, 4.69) is 29.8 Å². The highest BCUT2D eigenvalue weighted by Gasteiger charge is 2.27. The zero-order valence-electron chi connectivity index (χ0n) is 57.3. The van der Waals surface area contributed by atoms with Crippen LogP contribution >= 0.6 is 0 Å². The first-order chi connectivity index (χ1) is 45.1. The van der Waals surface area contributed by atoms with Gasteiger partial charge in [0.2, 0.25) is 0 Å². The molecule has 9 N–H and O–H groups in total. The second-order valence-electron chi connectivity index (χ2n) is 22.6. The number of epoxide rings is 2. The van der Waals surface area contributed by atoms with Crippen molar-refractivity contribution in [1.82, 2.24) is 16.0 Å². The van der Waals surface area contributed by atoms with Gasteiger partial charge in [-0.1, -0.05) is 24.3 Å². The van der Waals surface area contributed by atoms with Gasteiger partial charge in [-0.3, -0.25) is 0 Å². The molecule has 93 heavy (non-hydrogen) atoms. The Morgan fingerprint density at radius 2 is 0.763 bits per heavy atom. The highest BCUT2D eigenvalue weighted by atomic mass is 16.7. The Balaban J connectivity index is 0.000000629. The van der Waals surface area contributed by atoms with Crippen LogP contribution in [0.5, 0.6) is 46.0 Å². The van der Waals surface area contributed by atoms with Gasteiger partial charge < -0.3 is 123 Å². The fourth-order valence-corrected chi connectivity index (χ4v) is 8.69. The molecule has 0 radical (unpaired) electrons. The first-order valence-corrected chi connectivity index (χ1v) is 31.9. The van der Waals surface area contributed by atoms with Gasteiger partial charge in [-0.2, -0.15) is 0 Å². The van der Waals surface area contributed by atoms with Gasteiger partial charge in [0.25, 0.3) is 0 Å². The van der Waals surface area contributed by atoms with Crippen LogP contribution in [-0.4, -0.2) is 248 Å². The zero-order chi connectivity index (χ0) is 67.6. The summed E-state index contributed by atoms with van der Waals surface area (Å²) >= 11 is 0. The number of hydrogen-bond acceptors (Lipinski definition) is 25. The molecule has 528 valence electrons. The molecule has 25 nitrogen and oxygen atoms in total. The Morgan fingerprint density at radius 3 is 1.13 bits per heavy atom. The molecule has 2 saturated heterocycles. The molecule has 6 rings (SSSR count). The molecule has 0 aromatic heterocycles. The Morgan fingerprint density at radius 1 is 0.419 bits per heavy atom. The van der Waals surface area contributed by atoms with Crippen molar-refractivity contribution in [3.8, 4) is 46.0 Å². The van der Waals surface area contributed by atoms with Crippen molar-refractivity contribution in [1.29, 1.82) is 0 Å². The molecule has 25 heteroatoms. The van der Waals surface area contributed by atoms with E-state index in [0.717, 1.165) is 24.7 Å². The van der Waals surface area contributed by atoms with Crippen molar-refractivity contribution in [2.45, 2.75) is 126 Å². The number of ether oxygens (including phenoxy) is 19. The van der Waals surface area contributed by atoms with Crippen molar-refractivity contribution < 1.29 is 90.0 Å². The summed E-state index contributed by atoms with van der Waals surface area (Å²) in [7, 11) is 15.3. The molecule has 2 aliphatic heterocycles. The maximum atomic E-state index is 6.69. The lowest BCUT2D eigenvalue weighted by molar-refractivity contribution is -0.110. The van der Waals surface area contributed by atoms with E-state index in [1.54, 1.807) is 49.8 Å². The minimum atomic E-state index is -0.539. The average Bonchev–Trinajstić information content (AvgIpc) is 2.65. The molecule has 2 fully saturated rings. The number of nitrogens with one attached hydrogen (secondary N) is 3. The van der Waals surface area contributed by atoms with Gasteiger partial charge in [0.05, 0.1) is 59.0 Å². The summed E-state index contributed by atoms with van der Waals surface area (Å²) in [6.45, 7) is 14.4. The second-order valence-corrected chi connectivity index (χ2v) is 22.6. The maximum absolute atomic E-state index is 6.69. The van der Waals surface area contributed by atoms with Gasteiger partial charge >= 0.3 is 0 Å². The first-order valence-electron chi connectivity index (χ1n) is 31.9. The smallest absolute Gasteiger partial charge is 0.160 e. The summed E-state index contributed by atoms with van der Waals surface area (Å²) in [5.41, 5.74) is 16.4. The van der Waals surface area contributed by atoms with Crippen molar-refractivity contribution in [3.63, 3.8) is 0 Å².